The molecule has 0 heterocycles. The van der Waals surface area contributed by atoms with Crippen LogP contribution in [0.2, 0.25) is 0 Å². The maximum absolute atomic E-state index is 8.64. The fourth-order valence-corrected chi connectivity index (χ4v) is 4.97. The van der Waals surface area contributed by atoms with Crippen LogP contribution in [0.25, 0.3) is 0 Å². The van der Waals surface area contributed by atoms with Gasteiger partial charge in [0.25, 0.3) is 0 Å². The van der Waals surface area contributed by atoms with Crippen molar-refractivity contribution in [2.45, 2.75) is 96.8 Å². The van der Waals surface area contributed by atoms with Gasteiger partial charge in [-0.1, -0.05) is 64.4 Å². The molecule has 2 aliphatic carbocycles. The first-order valence-corrected chi connectivity index (χ1v) is 10.4. The Balaban J connectivity index is 1.58. The Bertz CT molecular complexity index is 362. The summed E-state index contributed by atoms with van der Waals surface area (Å²) in [6, 6.07) is 2.14. The second-order valence-electron chi connectivity index (χ2n) is 8.15. The third-order valence-corrected chi connectivity index (χ3v) is 6.53. The Hall–Kier alpha value is -0.770. The van der Waals surface area contributed by atoms with Gasteiger partial charge in [0.05, 0.1) is 6.07 Å². The predicted molar refractivity (Wildman–Crippen MR) is 99.0 cm³/mol. The van der Waals surface area contributed by atoms with Gasteiger partial charge in [-0.2, -0.15) is 5.26 Å². The Kier molecular flexibility index (Phi) is 8.80. The summed E-state index contributed by atoms with van der Waals surface area (Å²) in [5.74, 6) is 3.74. The monoisotopic (exact) mass is 315 g/mol. The first-order chi connectivity index (χ1) is 11.3. The molecule has 2 saturated carbocycles. The minimum absolute atomic E-state index is 0.686. The highest BCUT2D eigenvalue weighted by Gasteiger charge is 2.30. The molecule has 130 valence electrons. The van der Waals surface area contributed by atoms with Crippen molar-refractivity contribution in [1.29, 1.82) is 5.26 Å². The molecule has 0 bridgehead atoms. The molecular formula is C22H37N. The predicted octanol–water partition coefficient (Wildman–Crippen LogP) is 7.04. The van der Waals surface area contributed by atoms with E-state index in [1.165, 1.54) is 89.9 Å². The van der Waals surface area contributed by atoms with Gasteiger partial charge in [-0.3, -0.25) is 0 Å². The van der Waals surface area contributed by atoms with Crippen molar-refractivity contribution in [3.8, 4) is 6.07 Å². The second kappa shape index (κ2) is 10.9. The summed E-state index contributed by atoms with van der Waals surface area (Å²) in [7, 11) is 0. The smallest absolute Gasteiger partial charge is 0.0908 e. The average molecular weight is 316 g/mol. The van der Waals surface area contributed by atoms with E-state index in [-0.39, 0.29) is 0 Å². The Labute approximate surface area is 144 Å². The maximum Gasteiger partial charge on any atom is 0.0908 e. The number of nitriles is 1. The lowest BCUT2D eigenvalue weighted by molar-refractivity contribution is 0.151. The van der Waals surface area contributed by atoms with Crippen LogP contribution in [0, 0.1) is 35.0 Å². The van der Waals surface area contributed by atoms with Gasteiger partial charge in [-0.15, -0.1) is 0 Å². The van der Waals surface area contributed by atoms with Gasteiger partial charge in [0.2, 0.25) is 0 Å². The van der Waals surface area contributed by atoms with Gasteiger partial charge in [0.15, 0.2) is 0 Å². The summed E-state index contributed by atoms with van der Waals surface area (Å²) < 4.78 is 0. The van der Waals surface area contributed by atoms with Crippen LogP contribution in [-0.2, 0) is 0 Å². The van der Waals surface area contributed by atoms with Crippen LogP contribution in [0.3, 0.4) is 0 Å². The molecule has 0 aromatic heterocycles. The molecule has 0 N–H and O–H groups in total. The van der Waals surface area contributed by atoms with E-state index in [1.807, 2.05) is 0 Å². The van der Waals surface area contributed by atoms with Gasteiger partial charge in [0.1, 0.15) is 0 Å². The Morgan fingerprint density at radius 3 is 2.04 bits per heavy atom. The van der Waals surface area contributed by atoms with E-state index in [0.717, 1.165) is 17.8 Å². The summed E-state index contributed by atoms with van der Waals surface area (Å²) in [4.78, 5) is 0. The average Bonchev–Trinajstić information content (AvgIpc) is 2.61. The van der Waals surface area contributed by atoms with Crippen LogP contribution in [-0.4, -0.2) is 0 Å². The molecule has 0 aliphatic heterocycles. The number of hydrogen-bond donors (Lipinski definition) is 0. The molecule has 0 spiro atoms. The van der Waals surface area contributed by atoms with Crippen LogP contribution >= 0.6 is 0 Å². The van der Waals surface area contributed by atoms with Gasteiger partial charge in [0, 0.05) is 6.08 Å². The van der Waals surface area contributed by atoms with E-state index >= 15 is 0 Å². The molecule has 0 aromatic carbocycles. The van der Waals surface area contributed by atoms with Crippen molar-refractivity contribution < 1.29 is 0 Å². The number of allylic oxidation sites excluding steroid dienone is 2. The molecule has 0 aromatic rings. The lowest BCUT2D eigenvalue weighted by atomic mass is 9.68. The molecule has 0 unspecified atom stereocenters. The summed E-state index contributed by atoms with van der Waals surface area (Å²) in [5.41, 5.74) is 0. The molecule has 0 saturated heterocycles. The fraction of sp³-hybridized carbons (Fsp3) is 0.864. The van der Waals surface area contributed by atoms with E-state index in [9.17, 15) is 0 Å². The molecule has 2 rings (SSSR count). The van der Waals surface area contributed by atoms with Crippen molar-refractivity contribution in [2.75, 3.05) is 0 Å². The van der Waals surface area contributed by atoms with Gasteiger partial charge in [-0.05, 0) is 62.2 Å². The quantitative estimate of drug-likeness (QED) is 0.348. The topological polar surface area (TPSA) is 23.8 Å². The van der Waals surface area contributed by atoms with Crippen LogP contribution in [0.4, 0.5) is 0 Å². The highest BCUT2D eigenvalue weighted by molar-refractivity contribution is 5.04. The zero-order valence-electron chi connectivity index (χ0n) is 15.3. The number of hydrogen-bond acceptors (Lipinski definition) is 1. The summed E-state index contributed by atoms with van der Waals surface area (Å²) in [5, 5.41) is 8.64. The van der Waals surface area contributed by atoms with Crippen LogP contribution in [0.15, 0.2) is 12.2 Å². The molecular weight excluding hydrogens is 278 g/mol. The molecule has 2 fully saturated rings. The van der Waals surface area contributed by atoms with Crippen molar-refractivity contribution in [3.05, 3.63) is 12.2 Å². The second-order valence-corrected chi connectivity index (χ2v) is 8.15. The van der Waals surface area contributed by atoms with Crippen LogP contribution in [0.1, 0.15) is 96.8 Å². The molecule has 23 heavy (non-hydrogen) atoms. The SMILES string of the molecule is CCCCCCCC1CCC(C2CCC(/C=C/C#N)CC2)CC1. The van der Waals surface area contributed by atoms with Crippen molar-refractivity contribution in [2.24, 2.45) is 23.7 Å². The summed E-state index contributed by atoms with van der Waals surface area (Å²) in [6.07, 6.45) is 24.0. The number of unbranched alkanes of at least 4 members (excludes halogenated alkanes) is 4. The normalized spacial score (nSPS) is 32.0. The third kappa shape index (κ3) is 6.70. The number of nitrogens with zero attached hydrogens (tertiary/aromatic N) is 1. The minimum Gasteiger partial charge on any atom is -0.193 e. The summed E-state index contributed by atoms with van der Waals surface area (Å²) >= 11 is 0. The van der Waals surface area contributed by atoms with Gasteiger partial charge in [-0.25, -0.2) is 0 Å². The zero-order chi connectivity index (χ0) is 16.3. The van der Waals surface area contributed by atoms with E-state index in [4.69, 9.17) is 5.26 Å². The maximum atomic E-state index is 8.64. The molecule has 0 radical (unpaired) electrons. The van der Waals surface area contributed by atoms with Crippen LogP contribution in [0.5, 0.6) is 0 Å². The molecule has 1 nitrogen and oxygen atoms in total. The van der Waals surface area contributed by atoms with E-state index in [2.05, 4.69) is 19.1 Å². The van der Waals surface area contributed by atoms with Crippen LogP contribution < -0.4 is 0 Å². The van der Waals surface area contributed by atoms with Crippen molar-refractivity contribution in [1.82, 2.24) is 0 Å². The molecule has 1 heteroatoms. The highest BCUT2D eigenvalue weighted by Crippen LogP contribution is 2.42. The molecule has 0 atom stereocenters. The lowest BCUT2D eigenvalue weighted by Crippen LogP contribution is -2.25. The standard InChI is InChI=1S/C22H37N/c1-2-3-4-5-6-8-19-10-14-21(15-11-19)22-16-12-20(13-17-22)9-7-18-23/h7,9,19-22H,2-6,8,10-17H2,1H3/b9-7+. The largest absolute Gasteiger partial charge is 0.193 e. The van der Waals surface area contributed by atoms with E-state index in [1.54, 1.807) is 6.08 Å². The first kappa shape index (κ1) is 18.6. The lowest BCUT2D eigenvalue weighted by Gasteiger charge is -2.37. The highest BCUT2D eigenvalue weighted by atomic mass is 14.4. The van der Waals surface area contributed by atoms with Gasteiger partial charge < -0.3 is 0 Å². The molecule has 0 amide bonds. The number of rotatable bonds is 8. The zero-order valence-corrected chi connectivity index (χ0v) is 15.3. The third-order valence-electron chi connectivity index (χ3n) is 6.53. The first-order valence-electron chi connectivity index (χ1n) is 10.4. The summed E-state index contributed by atoms with van der Waals surface area (Å²) in [6.45, 7) is 2.30. The van der Waals surface area contributed by atoms with Gasteiger partial charge >= 0.3 is 0 Å². The van der Waals surface area contributed by atoms with Crippen molar-refractivity contribution in [3.63, 3.8) is 0 Å². The Morgan fingerprint density at radius 1 is 0.826 bits per heavy atom. The Morgan fingerprint density at radius 2 is 1.43 bits per heavy atom. The minimum atomic E-state index is 0.686. The van der Waals surface area contributed by atoms with E-state index in [0.29, 0.717) is 5.92 Å². The van der Waals surface area contributed by atoms with E-state index < -0.39 is 0 Å². The molecule has 2 aliphatic rings. The van der Waals surface area contributed by atoms with Crippen molar-refractivity contribution >= 4 is 0 Å². The fourth-order valence-electron chi connectivity index (χ4n) is 4.97.